The topological polar surface area (TPSA) is 128 Å². The molecule has 0 aliphatic carbocycles. The number of esters is 2. The summed E-state index contributed by atoms with van der Waals surface area (Å²) in [4.78, 5) is 55.6. The first kappa shape index (κ1) is 28.1. The van der Waals surface area contributed by atoms with Gasteiger partial charge in [0.25, 0.3) is 11.8 Å². The van der Waals surface area contributed by atoms with Crippen LogP contribution in [0, 0.1) is 0 Å². The van der Waals surface area contributed by atoms with Crippen LogP contribution in [0.3, 0.4) is 0 Å². The van der Waals surface area contributed by atoms with Gasteiger partial charge in [-0.25, -0.2) is 4.98 Å². The van der Waals surface area contributed by atoms with E-state index in [2.05, 4.69) is 10.3 Å². The van der Waals surface area contributed by atoms with Crippen LogP contribution in [0.15, 0.2) is 71.3 Å². The lowest BCUT2D eigenvalue weighted by atomic mass is 10.1. The van der Waals surface area contributed by atoms with E-state index in [0.29, 0.717) is 18.5 Å². The van der Waals surface area contributed by atoms with Crippen molar-refractivity contribution in [2.45, 2.75) is 45.4 Å². The van der Waals surface area contributed by atoms with E-state index in [9.17, 15) is 19.2 Å². The van der Waals surface area contributed by atoms with E-state index in [4.69, 9.17) is 13.9 Å². The molecule has 38 heavy (non-hydrogen) atoms. The summed E-state index contributed by atoms with van der Waals surface area (Å²) in [5, 5.41) is 2.55. The van der Waals surface area contributed by atoms with Gasteiger partial charge in [-0.1, -0.05) is 60.7 Å². The molecule has 3 rings (SSSR count). The van der Waals surface area contributed by atoms with Gasteiger partial charge in [-0.2, -0.15) is 0 Å². The van der Waals surface area contributed by atoms with Crippen LogP contribution in [-0.4, -0.2) is 59.4 Å². The highest BCUT2D eigenvalue weighted by molar-refractivity contribution is 5.93. The van der Waals surface area contributed by atoms with Gasteiger partial charge in [-0.3, -0.25) is 19.2 Å². The molecule has 0 bridgehead atoms. The summed E-state index contributed by atoms with van der Waals surface area (Å²) in [7, 11) is 1.52. The fourth-order valence-corrected chi connectivity index (χ4v) is 3.70. The number of carbonyl (C=O) groups excluding carboxylic acids is 4. The van der Waals surface area contributed by atoms with Crippen LogP contribution in [0.4, 0.5) is 0 Å². The average Bonchev–Trinajstić information content (AvgIpc) is 3.35. The molecule has 3 aromatic rings. The van der Waals surface area contributed by atoms with Crippen molar-refractivity contribution < 1.29 is 33.1 Å². The largest absolute Gasteiger partial charge is 0.448 e. The predicted octanol–water partition coefficient (Wildman–Crippen LogP) is 2.45. The van der Waals surface area contributed by atoms with Gasteiger partial charge in [0.2, 0.25) is 18.1 Å². The molecule has 1 heterocycles. The maximum Gasteiger partial charge on any atom is 0.303 e. The van der Waals surface area contributed by atoms with Crippen molar-refractivity contribution in [1.29, 1.82) is 0 Å². The number of hydrogen-bond acceptors (Lipinski definition) is 8. The van der Waals surface area contributed by atoms with E-state index in [1.54, 1.807) is 0 Å². The average molecular weight is 522 g/mol. The monoisotopic (exact) mass is 521 g/mol. The minimum atomic E-state index is -1.71. The molecule has 0 fully saturated rings. The molecule has 0 saturated heterocycles. The lowest BCUT2D eigenvalue weighted by molar-refractivity contribution is -0.177. The van der Waals surface area contributed by atoms with Crippen molar-refractivity contribution >= 4 is 23.8 Å². The third-order valence-corrected chi connectivity index (χ3v) is 5.56. The molecule has 0 unspecified atom stereocenters. The SMILES string of the molecule is CC(=O)O[C@@H](C(=O)NCc1nc(Cc2ccccc2)co1)[C@@H](OC(C)=O)C(=O)N(C)CCc1ccccc1. The molecule has 200 valence electrons. The van der Waals surface area contributed by atoms with Gasteiger partial charge < -0.3 is 24.1 Å². The van der Waals surface area contributed by atoms with Crippen LogP contribution < -0.4 is 5.32 Å². The number of aromatic nitrogens is 1. The molecular formula is C28H31N3O7. The van der Waals surface area contributed by atoms with Crippen LogP contribution in [0.1, 0.15) is 36.6 Å². The van der Waals surface area contributed by atoms with Crippen LogP contribution in [0.2, 0.25) is 0 Å². The Labute approximate surface area is 220 Å². The maximum absolute atomic E-state index is 13.2. The van der Waals surface area contributed by atoms with Gasteiger partial charge in [0.05, 0.1) is 12.2 Å². The Bertz CT molecular complexity index is 1230. The summed E-state index contributed by atoms with van der Waals surface area (Å²) in [6.07, 6.45) is -0.801. The molecule has 0 aliphatic rings. The summed E-state index contributed by atoms with van der Waals surface area (Å²) in [6.45, 7) is 2.36. The lowest BCUT2D eigenvalue weighted by Gasteiger charge is -2.28. The highest BCUT2D eigenvalue weighted by atomic mass is 16.6. The molecule has 0 radical (unpaired) electrons. The van der Waals surface area contributed by atoms with Crippen molar-refractivity contribution in [2.75, 3.05) is 13.6 Å². The smallest absolute Gasteiger partial charge is 0.303 e. The fraction of sp³-hybridized carbons (Fsp3) is 0.321. The van der Waals surface area contributed by atoms with E-state index in [-0.39, 0.29) is 19.0 Å². The third-order valence-electron chi connectivity index (χ3n) is 5.56. The van der Waals surface area contributed by atoms with Crippen molar-refractivity contribution in [2.24, 2.45) is 0 Å². The van der Waals surface area contributed by atoms with Gasteiger partial charge in [-0.05, 0) is 17.5 Å². The number of carbonyl (C=O) groups is 4. The third kappa shape index (κ3) is 8.58. The molecule has 0 spiro atoms. The summed E-state index contributed by atoms with van der Waals surface area (Å²) in [6, 6.07) is 19.2. The Morgan fingerprint density at radius 2 is 1.47 bits per heavy atom. The van der Waals surface area contributed by atoms with Crippen LogP contribution >= 0.6 is 0 Å². The molecule has 1 aromatic heterocycles. The molecule has 0 saturated carbocycles. The standard InChI is InChI=1S/C28H31N3O7/c1-19(32)37-25(26(38-20(2)33)28(35)31(3)15-14-21-10-6-4-7-11-21)27(34)29-17-24-30-23(18-36-24)16-22-12-8-5-9-13-22/h4-13,18,25-26H,14-17H2,1-3H3,(H,29,34)/t25-,26-/m1/s1. The van der Waals surface area contributed by atoms with Gasteiger partial charge in [-0.15, -0.1) is 0 Å². The number of amides is 2. The normalized spacial score (nSPS) is 12.2. The van der Waals surface area contributed by atoms with E-state index >= 15 is 0 Å². The second kappa shape index (κ2) is 13.7. The highest BCUT2D eigenvalue weighted by Gasteiger charge is 2.40. The van der Waals surface area contributed by atoms with Crippen LogP contribution in [0.5, 0.6) is 0 Å². The van der Waals surface area contributed by atoms with Crippen LogP contribution in [-0.2, 0) is 48.0 Å². The van der Waals surface area contributed by atoms with Gasteiger partial charge in [0, 0.05) is 33.9 Å². The molecular weight excluding hydrogens is 490 g/mol. The first-order chi connectivity index (χ1) is 18.2. The van der Waals surface area contributed by atoms with Gasteiger partial charge in [0.15, 0.2) is 0 Å². The number of nitrogens with zero attached hydrogens (tertiary/aromatic N) is 2. The molecule has 10 heteroatoms. The number of hydrogen-bond donors (Lipinski definition) is 1. The minimum Gasteiger partial charge on any atom is -0.448 e. The number of nitrogens with one attached hydrogen (secondary N) is 1. The fourth-order valence-electron chi connectivity index (χ4n) is 3.70. The Morgan fingerprint density at radius 3 is 2.08 bits per heavy atom. The second-order valence-electron chi connectivity index (χ2n) is 8.67. The molecule has 2 amide bonds. The molecule has 2 atom stereocenters. The van der Waals surface area contributed by atoms with E-state index in [1.807, 2.05) is 60.7 Å². The number of ether oxygens (including phenoxy) is 2. The summed E-state index contributed by atoms with van der Waals surface area (Å²) >= 11 is 0. The van der Waals surface area contributed by atoms with E-state index in [1.165, 1.54) is 18.2 Å². The molecule has 10 nitrogen and oxygen atoms in total. The Hall–Kier alpha value is -4.47. The summed E-state index contributed by atoms with van der Waals surface area (Å²) < 4.78 is 15.8. The summed E-state index contributed by atoms with van der Waals surface area (Å²) in [5.74, 6) is -2.91. The quantitative estimate of drug-likeness (QED) is 0.360. The zero-order valence-corrected chi connectivity index (χ0v) is 21.6. The van der Waals surface area contributed by atoms with Gasteiger partial charge >= 0.3 is 11.9 Å². The Morgan fingerprint density at radius 1 is 0.895 bits per heavy atom. The highest BCUT2D eigenvalue weighted by Crippen LogP contribution is 2.13. The predicted molar refractivity (Wildman–Crippen MR) is 136 cm³/mol. The maximum atomic E-state index is 13.2. The van der Waals surface area contributed by atoms with Crippen molar-refractivity contribution in [3.63, 3.8) is 0 Å². The molecule has 2 aromatic carbocycles. The second-order valence-corrected chi connectivity index (χ2v) is 8.67. The minimum absolute atomic E-state index is 0.129. The number of benzene rings is 2. The number of oxazole rings is 1. The van der Waals surface area contributed by atoms with E-state index in [0.717, 1.165) is 25.0 Å². The lowest BCUT2D eigenvalue weighted by Crippen LogP contribution is -2.53. The molecule has 0 aliphatic heterocycles. The number of rotatable bonds is 12. The first-order valence-corrected chi connectivity index (χ1v) is 12.1. The van der Waals surface area contributed by atoms with Gasteiger partial charge in [0.1, 0.15) is 6.26 Å². The zero-order chi connectivity index (χ0) is 27.5. The van der Waals surface area contributed by atoms with Crippen molar-refractivity contribution in [3.8, 4) is 0 Å². The summed E-state index contributed by atoms with van der Waals surface area (Å²) in [5.41, 5.74) is 2.72. The van der Waals surface area contributed by atoms with E-state index < -0.39 is 36.0 Å². The van der Waals surface area contributed by atoms with Crippen LogP contribution in [0.25, 0.3) is 0 Å². The van der Waals surface area contributed by atoms with Crippen molar-refractivity contribution in [3.05, 3.63) is 89.6 Å². The molecule has 1 N–H and O–H groups in total. The Kier molecular flexibility index (Phi) is 10.2. The Balaban J connectivity index is 1.68. The zero-order valence-electron chi connectivity index (χ0n) is 21.6. The first-order valence-electron chi connectivity index (χ1n) is 12.1. The number of likely N-dealkylation sites (N-methyl/N-ethyl adjacent to an activating group) is 1. The van der Waals surface area contributed by atoms with Crippen molar-refractivity contribution in [1.82, 2.24) is 15.2 Å².